The number of carbonyl (C=O) groups is 1. The third-order valence-electron chi connectivity index (χ3n) is 6.66. The lowest BCUT2D eigenvalue weighted by Crippen LogP contribution is -2.16. The fraction of sp³-hybridized carbons (Fsp3) is 0.345. The summed E-state index contributed by atoms with van der Waals surface area (Å²) in [5.41, 5.74) is 5.73. The zero-order chi connectivity index (χ0) is 25.1. The van der Waals surface area contributed by atoms with Gasteiger partial charge >= 0.3 is 5.97 Å². The van der Waals surface area contributed by atoms with Crippen LogP contribution in [0, 0.1) is 6.92 Å². The number of ether oxygens (including phenoxy) is 4. The van der Waals surface area contributed by atoms with E-state index in [2.05, 4.69) is 6.07 Å². The first-order valence-electron chi connectivity index (χ1n) is 12.2. The SMILES string of the molecule is Cc1cc(O[C@H]2CCOC2)cc(CO)c1-c1cccc(COc2ccc3c(c2)OC[C@H]3CC(=O)O)c1. The van der Waals surface area contributed by atoms with Gasteiger partial charge in [-0.3, -0.25) is 4.79 Å². The summed E-state index contributed by atoms with van der Waals surface area (Å²) >= 11 is 0. The number of carboxylic acid groups (broad SMARTS) is 1. The standard InChI is InChI=1S/C29H30O7/c1-18-9-25(36-24-7-8-33-17-24)11-21(14-30)29(18)20-4-2-3-19(10-20)15-34-23-5-6-26-22(12-28(31)32)16-35-27(26)13-23/h2-6,9-11,13,22,24,30H,7-8,12,14-17H2,1H3,(H,31,32)/t22-,24+/m1/s1. The van der Waals surface area contributed by atoms with E-state index in [1.54, 1.807) is 0 Å². The molecule has 2 N–H and O–H groups in total. The summed E-state index contributed by atoms with van der Waals surface area (Å²) in [5, 5.41) is 19.2. The largest absolute Gasteiger partial charge is 0.492 e. The Balaban J connectivity index is 1.30. The zero-order valence-electron chi connectivity index (χ0n) is 20.2. The number of hydrogen-bond donors (Lipinski definition) is 2. The molecule has 1 fully saturated rings. The molecule has 0 aliphatic carbocycles. The molecule has 0 radical (unpaired) electrons. The van der Waals surface area contributed by atoms with Gasteiger partial charge in [0.1, 0.15) is 30.0 Å². The molecule has 36 heavy (non-hydrogen) atoms. The molecule has 3 aromatic carbocycles. The van der Waals surface area contributed by atoms with Crippen LogP contribution < -0.4 is 14.2 Å². The normalized spacial score (nSPS) is 18.5. The molecule has 1 saturated heterocycles. The molecular formula is C29H30O7. The van der Waals surface area contributed by atoms with Gasteiger partial charge in [-0.15, -0.1) is 0 Å². The molecule has 2 aliphatic rings. The van der Waals surface area contributed by atoms with Gasteiger partial charge in [0.15, 0.2) is 0 Å². The predicted molar refractivity (Wildman–Crippen MR) is 134 cm³/mol. The zero-order valence-corrected chi connectivity index (χ0v) is 20.2. The Morgan fingerprint density at radius 3 is 2.75 bits per heavy atom. The number of aryl methyl sites for hydroxylation is 1. The molecule has 0 aromatic heterocycles. The second kappa shape index (κ2) is 10.6. The van der Waals surface area contributed by atoms with E-state index in [0.717, 1.165) is 45.6 Å². The molecule has 7 heteroatoms. The topological polar surface area (TPSA) is 94.5 Å². The maximum absolute atomic E-state index is 11.1. The number of fused-ring (bicyclic) bond motifs is 1. The van der Waals surface area contributed by atoms with E-state index < -0.39 is 5.97 Å². The first-order chi connectivity index (χ1) is 17.5. The van der Waals surface area contributed by atoms with Gasteiger partial charge in [-0.25, -0.2) is 0 Å². The number of aliphatic hydroxyl groups is 1. The van der Waals surface area contributed by atoms with Gasteiger partial charge in [-0.1, -0.05) is 24.3 Å². The van der Waals surface area contributed by atoms with Crippen LogP contribution in [-0.4, -0.2) is 42.1 Å². The van der Waals surface area contributed by atoms with Crippen molar-refractivity contribution in [1.29, 1.82) is 0 Å². The van der Waals surface area contributed by atoms with Crippen molar-refractivity contribution >= 4 is 5.97 Å². The van der Waals surface area contributed by atoms with E-state index in [0.29, 0.717) is 37.9 Å². The van der Waals surface area contributed by atoms with Gasteiger partial charge in [0, 0.05) is 24.0 Å². The summed E-state index contributed by atoms with van der Waals surface area (Å²) in [7, 11) is 0. The van der Waals surface area contributed by atoms with Crippen LogP contribution in [0.5, 0.6) is 17.2 Å². The van der Waals surface area contributed by atoms with E-state index in [-0.39, 0.29) is 25.0 Å². The first-order valence-corrected chi connectivity index (χ1v) is 12.2. The molecule has 0 spiro atoms. The van der Waals surface area contributed by atoms with E-state index >= 15 is 0 Å². The Morgan fingerprint density at radius 2 is 1.97 bits per heavy atom. The summed E-state index contributed by atoms with van der Waals surface area (Å²) < 4.78 is 23.2. The third-order valence-corrected chi connectivity index (χ3v) is 6.66. The minimum atomic E-state index is -0.832. The molecule has 188 valence electrons. The van der Waals surface area contributed by atoms with Gasteiger partial charge in [0.05, 0.1) is 32.8 Å². The molecule has 0 saturated carbocycles. The number of carboxylic acids is 1. The number of rotatable bonds is 9. The van der Waals surface area contributed by atoms with E-state index in [4.69, 9.17) is 24.1 Å². The Morgan fingerprint density at radius 1 is 1.08 bits per heavy atom. The quantitative estimate of drug-likeness (QED) is 0.443. The summed E-state index contributed by atoms with van der Waals surface area (Å²) in [4.78, 5) is 11.1. The van der Waals surface area contributed by atoms with Crippen molar-refractivity contribution in [2.24, 2.45) is 0 Å². The van der Waals surface area contributed by atoms with E-state index in [1.165, 1.54) is 0 Å². The van der Waals surface area contributed by atoms with Crippen LogP contribution in [0.1, 0.15) is 41.0 Å². The smallest absolute Gasteiger partial charge is 0.304 e. The molecule has 3 aromatic rings. The molecule has 5 rings (SSSR count). The summed E-state index contributed by atoms with van der Waals surface area (Å²) in [6.45, 7) is 3.98. The highest BCUT2D eigenvalue weighted by atomic mass is 16.5. The highest BCUT2D eigenvalue weighted by molar-refractivity contribution is 5.72. The summed E-state index contributed by atoms with van der Waals surface area (Å²) in [5.74, 6) is 1.14. The van der Waals surface area contributed by atoms with E-state index in [9.17, 15) is 9.90 Å². The molecule has 2 heterocycles. The van der Waals surface area contributed by atoms with Crippen LogP contribution in [0.2, 0.25) is 0 Å². The third kappa shape index (κ3) is 5.32. The van der Waals surface area contributed by atoms with Crippen LogP contribution >= 0.6 is 0 Å². The van der Waals surface area contributed by atoms with Crippen molar-refractivity contribution in [3.63, 3.8) is 0 Å². The van der Waals surface area contributed by atoms with Crippen LogP contribution in [-0.2, 0) is 22.7 Å². The lowest BCUT2D eigenvalue weighted by molar-refractivity contribution is -0.137. The highest BCUT2D eigenvalue weighted by Crippen LogP contribution is 2.38. The lowest BCUT2D eigenvalue weighted by atomic mass is 9.94. The van der Waals surface area contributed by atoms with Gasteiger partial charge in [-0.2, -0.15) is 0 Å². The second-order valence-electron chi connectivity index (χ2n) is 9.33. The van der Waals surface area contributed by atoms with Gasteiger partial charge in [-0.05, 0) is 59.0 Å². The number of aliphatic carboxylic acids is 1. The Hall–Kier alpha value is -3.55. The number of hydrogen-bond acceptors (Lipinski definition) is 6. The maximum Gasteiger partial charge on any atom is 0.304 e. The molecule has 2 atom stereocenters. The fourth-order valence-electron chi connectivity index (χ4n) is 4.94. The second-order valence-corrected chi connectivity index (χ2v) is 9.33. The molecule has 0 unspecified atom stereocenters. The average molecular weight is 491 g/mol. The molecule has 0 amide bonds. The Bertz CT molecular complexity index is 1250. The van der Waals surface area contributed by atoms with E-state index in [1.807, 2.05) is 55.5 Å². The highest BCUT2D eigenvalue weighted by Gasteiger charge is 2.26. The monoisotopic (exact) mass is 490 g/mol. The average Bonchev–Trinajstić information content (AvgIpc) is 3.52. The molecule has 2 aliphatic heterocycles. The van der Waals surface area contributed by atoms with Crippen LogP contribution in [0.3, 0.4) is 0 Å². The van der Waals surface area contributed by atoms with Crippen molar-refractivity contribution in [2.45, 2.75) is 45.0 Å². The predicted octanol–water partition coefficient (Wildman–Crippen LogP) is 4.85. The van der Waals surface area contributed by atoms with Crippen molar-refractivity contribution in [3.05, 3.63) is 76.9 Å². The maximum atomic E-state index is 11.1. The van der Waals surface area contributed by atoms with Crippen LogP contribution in [0.4, 0.5) is 0 Å². The Kier molecular flexibility index (Phi) is 7.11. The Labute approximate surface area is 210 Å². The van der Waals surface area contributed by atoms with Crippen molar-refractivity contribution < 1.29 is 34.0 Å². The van der Waals surface area contributed by atoms with Crippen molar-refractivity contribution in [3.8, 4) is 28.4 Å². The van der Waals surface area contributed by atoms with Crippen molar-refractivity contribution in [1.82, 2.24) is 0 Å². The minimum Gasteiger partial charge on any atom is -0.492 e. The summed E-state index contributed by atoms with van der Waals surface area (Å²) in [6, 6.07) is 17.6. The first kappa shape index (κ1) is 24.2. The summed E-state index contributed by atoms with van der Waals surface area (Å²) in [6.07, 6.45) is 0.975. The number of benzene rings is 3. The van der Waals surface area contributed by atoms with Crippen LogP contribution in [0.15, 0.2) is 54.6 Å². The van der Waals surface area contributed by atoms with Crippen LogP contribution in [0.25, 0.3) is 11.1 Å². The van der Waals surface area contributed by atoms with Gasteiger partial charge < -0.3 is 29.2 Å². The molecule has 7 nitrogen and oxygen atoms in total. The van der Waals surface area contributed by atoms with Crippen molar-refractivity contribution in [2.75, 3.05) is 19.8 Å². The van der Waals surface area contributed by atoms with Gasteiger partial charge in [0.2, 0.25) is 0 Å². The lowest BCUT2D eigenvalue weighted by Gasteiger charge is -2.18. The number of aliphatic hydroxyl groups excluding tert-OH is 1. The molecular weight excluding hydrogens is 460 g/mol. The molecule has 0 bridgehead atoms. The minimum absolute atomic E-state index is 0.0509. The fourth-order valence-corrected chi connectivity index (χ4v) is 4.94. The van der Waals surface area contributed by atoms with Gasteiger partial charge in [0.25, 0.3) is 0 Å².